The highest BCUT2D eigenvalue weighted by molar-refractivity contribution is 5.85. The van der Waals surface area contributed by atoms with E-state index in [4.69, 9.17) is 0 Å². The molecular weight excluding hydrogens is 278 g/mol. The zero-order valence-corrected chi connectivity index (χ0v) is 13.4. The molecule has 1 aliphatic rings. The van der Waals surface area contributed by atoms with E-state index in [2.05, 4.69) is 78.1 Å². The van der Waals surface area contributed by atoms with Crippen LogP contribution < -0.4 is 5.32 Å². The van der Waals surface area contributed by atoms with Gasteiger partial charge in [-0.25, -0.2) is 0 Å². The van der Waals surface area contributed by atoms with Gasteiger partial charge in [0.1, 0.15) is 0 Å². The highest BCUT2D eigenvalue weighted by Gasteiger charge is 2.27. The number of hydrogen-bond acceptors (Lipinski definition) is 1. The van der Waals surface area contributed by atoms with E-state index in [0.29, 0.717) is 6.04 Å². The highest BCUT2D eigenvalue weighted by Crippen LogP contribution is 2.26. The lowest BCUT2D eigenvalue weighted by atomic mass is 9.88. The van der Waals surface area contributed by atoms with Gasteiger partial charge in [0, 0.05) is 6.04 Å². The molecule has 1 fully saturated rings. The second kappa shape index (κ2) is 6.55. The summed E-state index contributed by atoms with van der Waals surface area (Å²) in [5.74, 6) is 0.733. The molecule has 3 aromatic carbocycles. The van der Waals surface area contributed by atoms with Crippen molar-refractivity contribution in [3.05, 3.63) is 83.9 Å². The van der Waals surface area contributed by atoms with Gasteiger partial charge in [-0.1, -0.05) is 72.8 Å². The van der Waals surface area contributed by atoms with Crippen molar-refractivity contribution in [2.24, 2.45) is 5.92 Å². The Bertz CT molecular complexity index is 773. The summed E-state index contributed by atoms with van der Waals surface area (Å²) in [4.78, 5) is 0. The Balaban J connectivity index is 1.55. The molecule has 0 spiro atoms. The molecule has 23 heavy (non-hydrogen) atoms. The average molecular weight is 301 g/mol. The summed E-state index contributed by atoms with van der Waals surface area (Å²) in [6.45, 7) is 1.15. The van der Waals surface area contributed by atoms with Crippen LogP contribution in [0.15, 0.2) is 72.8 Å². The van der Waals surface area contributed by atoms with Crippen LogP contribution in [0, 0.1) is 5.92 Å². The third-order valence-corrected chi connectivity index (χ3v) is 5.15. The Morgan fingerprint density at radius 2 is 1.57 bits per heavy atom. The largest absolute Gasteiger partial charge is 0.313 e. The first-order valence-electron chi connectivity index (χ1n) is 8.64. The van der Waals surface area contributed by atoms with Gasteiger partial charge >= 0.3 is 0 Å². The Kier molecular flexibility index (Phi) is 4.12. The number of hydrogen-bond donors (Lipinski definition) is 1. The van der Waals surface area contributed by atoms with Crippen LogP contribution in [0.4, 0.5) is 0 Å². The second-order valence-electron chi connectivity index (χ2n) is 6.64. The predicted molar refractivity (Wildman–Crippen MR) is 97.7 cm³/mol. The van der Waals surface area contributed by atoms with E-state index in [1.807, 2.05) is 0 Å². The van der Waals surface area contributed by atoms with E-state index >= 15 is 0 Å². The molecule has 1 heterocycles. The van der Waals surface area contributed by atoms with E-state index in [9.17, 15) is 0 Å². The molecule has 0 saturated carbocycles. The van der Waals surface area contributed by atoms with Crippen molar-refractivity contribution in [1.82, 2.24) is 5.32 Å². The van der Waals surface area contributed by atoms with Crippen LogP contribution in [-0.2, 0) is 12.8 Å². The van der Waals surface area contributed by atoms with Crippen LogP contribution in [0.3, 0.4) is 0 Å². The SMILES string of the molecule is c1ccc(CC2CCNC2Cc2cccc3ccccc23)cc1. The molecular formula is C22H23N. The number of fused-ring (bicyclic) bond motifs is 1. The minimum atomic E-state index is 0.584. The van der Waals surface area contributed by atoms with Gasteiger partial charge in [0.2, 0.25) is 0 Å². The topological polar surface area (TPSA) is 12.0 Å². The molecule has 1 aliphatic heterocycles. The maximum atomic E-state index is 3.74. The maximum absolute atomic E-state index is 3.74. The summed E-state index contributed by atoms with van der Waals surface area (Å²) in [5, 5.41) is 6.49. The quantitative estimate of drug-likeness (QED) is 0.742. The van der Waals surface area contributed by atoms with Gasteiger partial charge in [-0.05, 0) is 53.6 Å². The lowest BCUT2D eigenvalue weighted by molar-refractivity contribution is 0.443. The van der Waals surface area contributed by atoms with Gasteiger partial charge in [-0.2, -0.15) is 0 Å². The van der Waals surface area contributed by atoms with Crippen molar-refractivity contribution < 1.29 is 0 Å². The van der Waals surface area contributed by atoms with Gasteiger partial charge in [0.25, 0.3) is 0 Å². The van der Waals surface area contributed by atoms with Crippen molar-refractivity contribution in [3.8, 4) is 0 Å². The Morgan fingerprint density at radius 3 is 2.48 bits per heavy atom. The van der Waals surface area contributed by atoms with Crippen LogP contribution in [0.25, 0.3) is 10.8 Å². The van der Waals surface area contributed by atoms with Crippen LogP contribution >= 0.6 is 0 Å². The summed E-state index contributed by atoms with van der Waals surface area (Å²) in [7, 11) is 0. The molecule has 3 aromatic rings. The van der Waals surface area contributed by atoms with Crippen molar-refractivity contribution in [2.75, 3.05) is 6.54 Å². The average Bonchev–Trinajstić information content (AvgIpc) is 3.03. The standard InChI is InChI=1S/C22H23N/c1-2-7-17(8-3-1)15-20-13-14-23-22(20)16-19-11-6-10-18-9-4-5-12-21(18)19/h1-12,20,22-23H,13-16H2. The molecule has 1 N–H and O–H groups in total. The first-order valence-corrected chi connectivity index (χ1v) is 8.64. The maximum Gasteiger partial charge on any atom is 0.0140 e. The van der Waals surface area contributed by atoms with Gasteiger partial charge in [-0.15, -0.1) is 0 Å². The molecule has 2 atom stereocenters. The Morgan fingerprint density at radius 1 is 0.783 bits per heavy atom. The monoisotopic (exact) mass is 301 g/mol. The van der Waals surface area contributed by atoms with E-state index in [1.165, 1.54) is 34.7 Å². The molecule has 4 rings (SSSR count). The molecule has 1 nitrogen and oxygen atoms in total. The fourth-order valence-corrected chi connectivity index (χ4v) is 3.93. The van der Waals surface area contributed by atoms with Crippen LogP contribution in [0.2, 0.25) is 0 Å². The molecule has 0 radical (unpaired) electrons. The number of nitrogens with one attached hydrogen (secondary N) is 1. The summed E-state index contributed by atoms with van der Waals surface area (Å²) in [6.07, 6.45) is 3.59. The Labute approximate surface area is 138 Å². The van der Waals surface area contributed by atoms with Crippen molar-refractivity contribution in [3.63, 3.8) is 0 Å². The van der Waals surface area contributed by atoms with Crippen molar-refractivity contribution in [2.45, 2.75) is 25.3 Å². The molecule has 1 heteroatoms. The molecule has 0 bridgehead atoms. The molecule has 116 valence electrons. The zero-order valence-electron chi connectivity index (χ0n) is 13.4. The third kappa shape index (κ3) is 3.16. The lowest BCUT2D eigenvalue weighted by Crippen LogP contribution is -2.30. The smallest absolute Gasteiger partial charge is 0.0140 e. The first-order chi connectivity index (χ1) is 11.4. The van der Waals surface area contributed by atoms with Gasteiger partial charge in [0.15, 0.2) is 0 Å². The lowest BCUT2D eigenvalue weighted by Gasteiger charge is -2.20. The first kappa shape index (κ1) is 14.5. The number of benzene rings is 3. The van der Waals surface area contributed by atoms with Crippen LogP contribution in [-0.4, -0.2) is 12.6 Å². The van der Waals surface area contributed by atoms with E-state index in [-0.39, 0.29) is 0 Å². The fraction of sp³-hybridized carbons (Fsp3) is 0.273. The van der Waals surface area contributed by atoms with Crippen LogP contribution in [0.5, 0.6) is 0 Å². The minimum Gasteiger partial charge on any atom is -0.313 e. The molecule has 0 amide bonds. The molecule has 1 saturated heterocycles. The summed E-state index contributed by atoms with van der Waals surface area (Å²) < 4.78 is 0. The highest BCUT2D eigenvalue weighted by atomic mass is 14.9. The fourth-order valence-electron chi connectivity index (χ4n) is 3.93. The summed E-state index contributed by atoms with van der Waals surface area (Å²) in [5.41, 5.74) is 2.93. The van der Waals surface area contributed by atoms with Gasteiger partial charge < -0.3 is 5.32 Å². The third-order valence-electron chi connectivity index (χ3n) is 5.15. The van der Waals surface area contributed by atoms with E-state index < -0.39 is 0 Å². The number of rotatable bonds is 4. The normalized spacial score (nSPS) is 20.9. The van der Waals surface area contributed by atoms with Gasteiger partial charge in [-0.3, -0.25) is 0 Å². The zero-order chi connectivity index (χ0) is 15.5. The molecule has 0 aliphatic carbocycles. The van der Waals surface area contributed by atoms with Crippen molar-refractivity contribution in [1.29, 1.82) is 0 Å². The Hall–Kier alpha value is -2.12. The van der Waals surface area contributed by atoms with Crippen LogP contribution in [0.1, 0.15) is 17.5 Å². The minimum absolute atomic E-state index is 0.584. The second-order valence-corrected chi connectivity index (χ2v) is 6.64. The predicted octanol–water partition coefficient (Wildman–Crippen LogP) is 4.60. The van der Waals surface area contributed by atoms with E-state index in [1.54, 1.807) is 0 Å². The summed E-state index contributed by atoms with van der Waals surface area (Å²) >= 11 is 0. The van der Waals surface area contributed by atoms with Crippen molar-refractivity contribution >= 4 is 10.8 Å². The summed E-state index contributed by atoms with van der Waals surface area (Å²) in [6, 6.07) is 26.9. The van der Waals surface area contributed by atoms with E-state index in [0.717, 1.165) is 18.9 Å². The molecule has 2 unspecified atom stereocenters. The van der Waals surface area contributed by atoms with Gasteiger partial charge in [0.05, 0.1) is 0 Å². The molecule has 0 aromatic heterocycles.